The van der Waals surface area contributed by atoms with Crippen LogP contribution in [0.5, 0.6) is 0 Å². The Morgan fingerprint density at radius 2 is 1.96 bits per heavy atom. The molecule has 1 aromatic carbocycles. The minimum Gasteiger partial charge on any atom is -0.454 e. The van der Waals surface area contributed by atoms with E-state index in [0.717, 1.165) is 23.3 Å². The predicted octanol–water partition coefficient (Wildman–Crippen LogP) is 0.751. The normalized spacial score (nSPS) is 21.7. The number of nitrogens with one attached hydrogen (secondary N) is 2. The van der Waals surface area contributed by atoms with E-state index in [-0.39, 0.29) is 11.9 Å². The molecule has 2 aliphatic rings. The van der Waals surface area contributed by atoms with Crippen LogP contribution in [0.1, 0.15) is 31.7 Å². The van der Waals surface area contributed by atoms with Crippen molar-refractivity contribution in [1.29, 1.82) is 0 Å². The summed E-state index contributed by atoms with van der Waals surface area (Å²) in [5.41, 5.74) is -0.0170. The summed E-state index contributed by atoms with van der Waals surface area (Å²) in [4.78, 5) is 49.1. The molecule has 1 atom stereocenters. The summed E-state index contributed by atoms with van der Waals surface area (Å²) in [6.07, 6.45) is 2.90. The van der Waals surface area contributed by atoms with Gasteiger partial charge in [0.05, 0.1) is 0 Å². The third-order valence-electron chi connectivity index (χ3n) is 4.70. The Hall–Kier alpha value is -2.90. The van der Waals surface area contributed by atoms with Crippen molar-refractivity contribution in [2.45, 2.75) is 44.2 Å². The molecule has 0 unspecified atom stereocenters. The molecule has 0 bridgehead atoms. The maximum absolute atomic E-state index is 12.6. The standard InChI is InChI=1S/C19H23N3O5/c1-19(10-9-13-5-3-2-4-6-13)17(25)22(18(26)21-19)11-16(24)27-12-15(23)20-14-7-8-14/h2-6,14H,7-12H2,1H3,(H,20,23)(H,21,26)/t19-/m0/s1. The number of carbonyl (C=O) groups is 4. The van der Waals surface area contributed by atoms with Crippen LogP contribution in [0.25, 0.3) is 0 Å². The molecule has 1 heterocycles. The minimum atomic E-state index is -1.07. The fraction of sp³-hybridized carbons (Fsp3) is 0.474. The number of nitrogens with zero attached hydrogens (tertiary/aromatic N) is 1. The second-order valence-electron chi connectivity index (χ2n) is 7.14. The lowest BCUT2D eigenvalue weighted by Crippen LogP contribution is -2.44. The number of ether oxygens (including phenoxy) is 1. The van der Waals surface area contributed by atoms with Gasteiger partial charge in [-0.2, -0.15) is 0 Å². The summed E-state index contributed by atoms with van der Waals surface area (Å²) in [6.45, 7) is 0.719. The lowest BCUT2D eigenvalue weighted by Gasteiger charge is -2.21. The molecule has 1 aromatic rings. The lowest BCUT2D eigenvalue weighted by molar-refractivity contribution is -0.151. The number of amides is 4. The molecule has 1 aliphatic carbocycles. The first-order chi connectivity index (χ1) is 12.9. The van der Waals surface area contributed by atoms with Gasteiger partial charge in [-0.25, -0.2) is 4.79 Å². The topological polar surface area (TPSA) is 105 Å². The fourth-order valence-corrected chi connectivity index (χ4v) is 2.92. The molecule has 8 nitrogen and oxygen atoms in total. The van der Waals surface area contributed by atoms with E-state index < -0.39 is 36.6 Å². The SMILES string of the molecule is C[C@@]1(CCc2ccccc2)NC(=O)N(CC(=O)OCC(=O)NC2CC2)C1=O. The van der Waals surface area contributed by atoms with Crippen molar-refractivity contribution in [3.63, 3.8) is 0 Å². The molecule has 0 radical (unpaired) electrons. The highest BCUT2D eigenvalue weighted by molar-refractivity contribution is 6.08. The molecular formula is C19H23N3O5. The van der Waals surface area contributed by atoms with Crippen LogP contribution in [-0.2, 0) is 25.5 Å². The number of hydrogen-bond acceptors (Lipinski definition) is 5. The van der Waals surface area contributed by atoms with Crippen molar-refractivity contribution in [2.24, 2.45) is 0 Å². The largest absolute Gasteiger partial charge is 0.454 e. The van der Waals surface area contributed by atoms with Crippen molar-refractivity contribution in [1.82, 2.24) is 15.5 Å². The lowest BCUT2D eigenvalue weighted by atomic mass is 9.93. The van der Waals surface area contributed by atoms with Gasteiger partial charge in [-0.1, -0.05) is 30.3 Å². The number of aryl methyl sites for hydroxylation is 1. The second-order valence-corrected chi connectivity index (χ2v) is 7.14. The van der Waals surface area contributed by atoms with Crippen LogP contribution in [0.15, 0.2) is 30.3 Å². The zero-order valence-electron chi connectivity index (χ0n) is 15.2. The maximum atomic E-state index is 12.6. The van der Waals surface area contributed by atoms with E-state index in [2.05, 4.69) is 10.6 Å². The third-order valence-corrected chi connectivity index (χ3v) is 4.70. The van der Waals surface area contributed by atoms with Crippen molar-refractivity contribution < 1.29 is 23.9 Å². The summed E-state index contributed by atoms with van der Waals surface area (Å²) < 4.78 is 4.86. The minimum absolute atomic E-state index is 0.174. The molecule has 2 fully saturated rings. The van der Waals surface area contributed by atoms with Crippen LogP contribution in [0, 0.1) is 0 Å². The Labute approximate surface area is 157 Å². The van der Waals surface area contributed by atoms with E-state index in [4.69, 9.17) is 4.74 Å². The number of carbonyl (C=O) groups excluding carboxylic acids is 4. The zero-order chi connectivity index (χ0) is 19.4. The first kappa shape index (κ1) is 18.9. The average Bonchev–Trinajstić information content (AvgIpc) is 3.43. The van der Waals surface area contributed by atoms with E-state index in [1.807, 2.05) is 30.3 Å². The molecular weight excluding hydrogens is 350 g/mol. The van der Waals surface area contributed by atoms with Gasteiger partial charge in [-0.3, -0.25) is 19.3 Å². The van der Waals surface area contributed by atoms with Crippen LogP contribution >= 0.6 is 0 Å². The van der Waals surface area contributed by atoms with E-state index in [0.29, 0.717) is 12.8 Å². The highest BCUT2D eigenvalue weighted by Crippen LogP contribution is 2.23. The number of imide groups is 1. The first-order valence-corrected chi connectivity index (χ1v) is 9.00. The number of hydrogen-bond donors (Lipinski definition) is 2. The van der Waals surface area contributed by atoms with Crippen LogP contribution < -0.4 is 10.6 Å². The van der Waals surface area contributed by atoms with Gasteiger partial charge in [0.2, 0.25) is 0 Å². The predicted molar refractivity (Wildman–Crippen MR) is 95.5 cm³/mol. The van der Waals surface area contributed by atoms with Gasteiger partial charge in [0, 0.05) is 6.04 Å². The van der Waals surface area contributed by atoms with Gasteiger partial charge in [-0.15, -0.1) is 0 Å². The van der Waals surface area contributed by atoms with Crippen LogP contribution in [0.3, 0.4) is 0 Å². The Morgan fingerprint density at radius 3 is 2.63 bits per heavy atom. The van der Waals surface area contributed by atoms with Crippen molar-refractivity contribution in [2.75, 3.05) is 13.2 Å². The molecule has 27 heavy (non-hydrogen) atoms. The van der Waals surface area contributed by atoms with Gasteiger partial charge in [0.25, 0.3) is 11.8 Å². The van der Waals surface area contributed by atoms with Crippen molar-refractivity contribution in [3.8, 4) is 0 Å². The quantitative estimate of drug-likeness (QED) is 0.517. The highest BCUT2D eigenvalue weighted by atomic mass is 16.5. The van der Waals surface area contributed by atoms with E-state index >= 15 is 0 Å². The van der Waals surface area contributed by atoms with Crippen LogP contribution in [0.2, 0.25) is 0 Å². The number of urea groups is 1. The molecule has 8 heteroatoms. The van der Waals surface area contributed by atoms with Gasteiger partial charge in [0.1, 0.15) is 12.1 Å². The second kappa shape index (κ2) is 7.77. The van der Waals surface area contributed by atoms with Crippen molar-refractivity contribution in [3.05, 3.63) is 35.9 Å². The van der Waals surface area contributed by atoms with Gasteiger partial charge >= 0.3 is 12.0 Å². The molecule has 144 valence electrons. The van der Waals surface area contributed by atoms with Crippen LogP contribution in [0.4, 0.5) is 4.79 Å². The zero-order valence-corrected chi connectivity index (χ0v) is 15.2. The maximum Gasteiger partial charge on any atom is 0.326 e. The average molecular weight is 373 g/mol. The Kier molecular flexibility index (Phi) is 5.43. The Morgan fingerprint density at radius 1 is 1.26 bits per heavy atom. The smallest absolute Gasteiger partial charge is 0.326 e. The molecule has 4 amide bonds. The van der Waals surface area contributed by atoms with Gasteiger partial charge in [0.15, 0.2) is 6.61 Å². The number of esters is 1. The molecule has 3 rings (SSSR count). The Balaban J connectivity index is 1.50. The highest BCUT2D eigenvalue weighted by Gasteiger charge is 2.48. The monoisotopic (exact) mass is 373 g/mol. The van der Waals surface area contributed by atoms with E-state index in [1.54, 1.807) is 6.92 Å². The molecule has 0 aromatic heterocycles. The number of benzene rings is 1. The van der Waals surface area contributed by atoms with Crippen molar-refractivity contribution >= 4 is 23.8 Å². The molecule has 0 spiro atoms. The molecule has 2 N–H and O–H groups in total. The molecule has 1 aliphatic heterocycles. The fourth-order valence-electron chi connectivity index (χ4n) is 2.92. The van der Waals surface area contributed by atoms with Gasteiger partial charge < -0.3 is 15.4 Å². The summed E-state index contributed by atoms with van der Waals surface area (Å²) in [5.74, 6) is -1.64. The van der Waals surface area contributed by atoms with E-state index in [9.17, 15) is 19.2 Å². The Bertz CT molecular complexity index is 747. The van der Waals surface area contributed by atoms with Crippen LogP contribution in [-0.4, -0.2) is 53.4 Å². The summed E-state index contributed by atoms with van der Waals surface area (Å²) >= 11 is 0. The molecule has 1 saturated carbocycles. The van der Waals surface area contributed by atoms with E-state index in [1.165, 1.54) is 0 Å². The summed E-state index contributed by atoms with van der Waals surface area (Å²) in [5, 5.41) is 5.35. The summed E-state index contributed by atoms with van der Waals surface area (Å²) in [7, 11) is 0. The number of rotatable bonds is 8. The summed E-state index contributed by atoms with van der Waals surface area (Å²) in [6, 6.07) is 9.18. The first-order valence-electron chi connectivity index (χ1n) is 9.00. The third kappa shape index (κ3) is 4.84. The van der Waals surface area contributed by atoms with Gasteiger partial charge in [-0.05, 0) is 38.2 Å². The molecule has 1 saturated heterocycles.